The van der Waals surface area contributed by atoms with Crippen molar-refractivity contribution >= 4 is 0 Å². The molecular formula is C27H50O. The molecule has 1 N–H and O–H groups in total. The molecule has 2 aliphatic carbocycles. The molecule has 0 aromatic heterocycles. The highest BCUT2D eigenvalue weighted by Crippen LogP contribution is 2.60. The summed E-state index contributed by atoms with van der Waals surface area (Å²) in [5, 5.41) is 10.2. The zero-order valence-corrected chi connectivity index (χ0v) is 19.9. The number of fused-ring (bicyclic) bond motifs is 1. The molecule has 28 heavy (non-hydrogen) atoms. The van der Waals surface area contributed by atoms with E-state index >= 15 is 0 Å². The van der Waals surface area contributed by atoms with Gasteiger partial charge in [-0.3, -0.25) is 0 Å². The third-order valence-corrected chi connectivity index (χ3v) is 8.78. The fraction of sp³-hybridized carbons (Fsp3) is 0.926. The summed E-state index contributed by atoms with van der Waals surface area (Å²) in [5.74, 6) is 5.34. The second-order valence-corrected chi connectivity index (χ2v) is 11.2. The van der Waals surface area contributed by atoms with Crippen molar-refractivity contribution < 1.29 is 5.11 Å². The molecule has 0 bridgehead atoms. The third kappa shape index (κ3) is 6.35. The Morgan fingerprint density at radius 1 is 0.964 bits per heavy atom. The molecule has 0 amide bonds. The van der Waals surface area contributed by atoms with Gasteiger partial charge in [-0.1, -0.05) is 66.0 Å². The van der Waals surface area contributed by atoms with Gasteiger partial charge in [0.2, 0.25) is 0 Å². The molecule has 1 heteroatoms. The Hall–Kier alpha value is -0.300. The summed E-state index contributed by atoms with van der Waals surface area (Å²) in [5.41, 5.74) is 0.610. The standard InChI is InChI=1S/C27H50O/c1-7-8-12-25(28)15-13-21(4)23-17-18-27(6)24(19-23)14-16-26(27)22(5)11-9-10-20(2)3/h7-8,20-26,28H,9-19H2,1-6H3/b8-7+/t21-,22?,23?,24?,25+,26+,27-/m0/s1. The lowest BCUT2D eigenvalue weighted by atomic mass is 9.58. The first-order valence-electron chi connectivity index (χ1n) is 12.6. The first kappa shape index (κ1) is 24.0. The van der Waals surface area contributed by atoms with Gasteiger partial charge in [-0.2, -0.15) is 0 Å². The minimum atomic E-state index is -0.143. The van der Waals surface area contributed by atoms with E-state index in [2.05, 4.69) is 46.8 Å². The van der Waals surface area contributed by atoms with E-state index in [1.165, 1.54) is 57.8 Å². The molecule has 0 aliphatic heterocycles. The van der Waals surface area contributed by atoms with Crippen LogP contribution in [0.25, 0.3) is 0 Å². The smallest absolute Gasteiger partial charge is 0.0574 e. The number of allylic oxidation sites excluding steroid dienone is 1. The zero-order valence-electron chi connectivity index (χ0n) is 19.9. The minimum Gasteiger partial charge on any atom is -0.393 e. The van der Waals surface area contributed by atoms with E-state index in [1.807, 2.05) is 6.92 Å². The molecular weight excluding hydrogens is 340 g/mol. The normalized spacial score (nSPS) is 33.9. The van der Waals surface area contributed by atoms with Crippen LogP contribution in [-0.4, -0.2) is 11.2 Å². The summed E-state index contributed by atoms with van der Waals surface area (Å²) in [6, 6.07) is 0. The Kier molecular flexibility index (Phi) is 9.58. The van der Waals surface area contributed by atoms with Crippen molar-refractivity contribution in [3.8, 4) is 0 Å². The largest absolute Gasteiger partial charge is 0.393 e. The molecule has 0 aromatic rings. The quantitative estimate of drug-likeness (QED) is 0.354. The highest BCUT2D eigenvalue weighted by atomic mass is 16.3. The zero-order chi connectivity index (χ0) is 20.7. The first-order chi connectivity index (χ1) is 13.3. The van der Waals surface area contributed by atoms with Crippen LogP contribution in [-0.2, 0) is 0 Å². The first-order valence-corrected chi connectivity index (χ1v) is 12.6. The van der Waals surface area contributed by atoms with Gasteiger partial charge in [-0.25, -0.2) is 0 Å². The van der Waals surface area contributed by atoms with Crippen molar-refractivity contribution in [2.45, 2.75) is 118 Å². The van der Waals surface area contributed by atoms with Gasteiger partial charge < -0.3 is 5.11 Å². The Balaban J connectivity index is 1.82. The van der Waals surface area contributed by atoms with Crippen molar-refractivity contribution in [2.24, 2.45) is 40.9 Å². The van der Waals surface area contributed by atoms with E-state index in [0.29, 0.717) is 5.41 Å². The van der Waals surface area contributed by atoms with Crippen LogP contribution in [0.3, 0.4) is 0 Å². The fourth-order valence-electron chi connectivity index (χ4n) is 6.70. The van der Waals surface area contributed by atoms with Crippen LogP contribution in [0.15, 0.2) is 12.2 Å². The molecule has 2 aliphatic rings. The number of hydrogen-bond acceptors (Lipinski definition) is 1. The number of aliphatic hydroxyl groups excluding tert-OH is 1. The van der Waals surface area contributed by atoms with Crippen molar-refractivity contribution in [1.82, 2.24) is 0 Å². The highest BCUT2D eigenvalue weighted by Gasteiger charge is 2.50. The Morgan fingerprint density at radius 2 is 1.71 bits per heavy atom. The number of aliphatic hydroxyl groups is 1. The lowest BCUT2D eigenvalue weighted by Crippen LogP contribution is -2.38. The van der Waals surface area contributed by atoms with E-state index < -0.39 is 0 Å². The van der Waals surface area contributed by atoms with Gasteiger partial charge in [0.25, 0.3) is 0 Å². The third-order valence-electron chi connectivity index (χ3n) is 8.78. The van der Waals surface area contributed by atoms with Crippen LogP contribution in [0.4, 0.5) is 0 Å². The molecule has 0 heterocycles. The summed E-state index contributed by atoms with van der Waals surface area (Å²) in [4.78, 5) is 0. The van der Waals surface area contributed by atoms with Gasteiger partial charge in [0.1, 0.15) is 0 Å². The molecule has 164 valence electrons. The summed E-state index contributed by atoms with van der Waals surface area (Å²) >= 11 is 0. The van der Waals surface area contributed by atoms with Crippen molar-refractivity contribution in [1.29, 1.82) is 0 Å². The highest BCUT2D eigenvalue weighted by molar-refractivity contribution is 5.00. The van der Waals surface area contributed by atoms with E-state index in [-0.39, 0.29) is 6.10 Å². The summed E-state index contributed by atoms with van der Waals surface area (Å²) in [6.45, 7) is 14.4. The maximum Gasteiger partial charge on any atom is 0.0574 e. The van der Waals surface area contributed by atoms with Gasteiger partial charge in [0.05, 0.1) is 6.10 Å². The monoisotopic (exact) mass is 390 g/mol. The molecule has 3 unspecified atom stereocenters. The summed E-state index contributed by atoms with van der Waals surface area (Å²) in [7, 11) is 0. The Bertz CT molecular complexity index is 467. The molecule has 2 saturated carbocycles. The molecule has 0 aromatic carbocycles. The predicted octanol–water partition coefficient (Wildman–Crippen LogP) is 8.02. The molecule has 2 rings (SSSR count). The van der Waals surface area contributed by atoms with E-state index in [0.717, 1.165) is 48.3 Å². The van der Waals surface area contributed by atoms with Crippen molar-refractivity contribution in [3.05, 3.63) is 12.2 Å². The van der Waals surface area contributed by atoms with Crippen LogP contribution in [0.2, 0.25) is 0 Å². The topological polar surface area (TPSA) is 20.2 Å². The van der Waals surface area contributed by atoms with Gasteiger partial charge in [-0.15, -0.1) is 0 Å². The van der Waals surface area contributed by atoms with E-state index in [1.54, 1.807) is 0 Å². The predicted molar refractivity (Wildman–Crippen MR) is 123 cm³/mol. The lowest BCUT2D eigenvalue weighted by molar-refractivity contribution is 0.0265. The fourth-order valence-corrected chi connectivity index (χ4v) is 6.70. The molecule has 2 fully saturated rings. The van der Waals surface area contributed by atoms with Crippen LogP contribution < -0.4 is 0 Å². The van der Waals surface area contributed by atoms with E-state index in [9.17, 15) is 5.11 Å². The molecule has 0 saturated heterocycles. The molecule has 1 nitrogen and oxygen atoms in total. The van der Waals surface area contributed by atoms with Crippen LogP contribution in [0.5, 0.6) is 0 Å². The molecule has 7 atom stereocenters. The number of rotatable bonds is 11. The average Bonchev–Trinajstić information content (AvgIpc) is 3.00. The van der Waals surface area contributed by atoms with Gasteiger partial charge in [0, 0.05) is 0 Å². The second kappa shape index (κ2) is 11.2. The molecule has 0 spiro atoms. The minimum absolute atomic E-state index is 0.143. The van der Waals surface area contributed by atoms with Gasteiger partial charge >= 0.3 is 0 Å². The maximum atomic E-state index is 10.2. The molecule has 0 radical (unpaired) electrons. The van der Waals surface area contributed by atoms with Gasteiger partial charge in [-0.05, 0) is 99.2 Å². The Morgan fingerprint density at radius 3 is 2.39 bits per heavy atom. The Labute approximate surface area is 176 Å². The summed E-state index contributed by atoms with van der Waals surface area (Å²) < 4.78 is 0. The second-order valence-electron chi connectivity index (χ2n) is 11.2. The van der Waals surface area contributed by atoms with E-state index in [4.69, 9.17) is 0 Å². The van der Waals surface area contributed by atoms with Crippen molar-refractivity contribution in [3.63, 3.8) is 0 Å². The van der Waals surface area contributed by atoms with Gasteiger partial charge in [0.15, 0.2) is 0 Å². The van der Waals surface area contributed by atoms with Crippen LogP contribution in [0, 0.1) is 40.9 Å². The number of hydrogen-bond donors (Lipinski definition) is 1. The maximum absolute atomic E-state index is 10.2. The summed E-state index contributed by atoms with van der Waals surface area (Å²) in [6.07, 6.45) is 18.5. The van der Waals surface area contributed by atoms with Crippen LogP contribution in [0.1, 0.15) is 112 Å². The van der Waals surface area contributed by atoms with Crippen molar-refractivity contribution in [2.75, 3.05) is 0 Å². The average molecular weight is 391 g/mol. The SMILES string of the molecule is C/C=C/C[C@@H](O)CC[C@H](C)C1CC[C@@]2(C)C(CC[C@@H]2C(C)CCCC(C)C)C1. The van der Waals surface area contributed by atoms with Crippen LogP contribution >= 0.6 is 0 Å². The lowest BCUT2D eigenvalue weighted by Gasteiger charge is -2.47.